The molecular weight excluding hydrogens is 382 g/mol. The van der Waals surface area contributed by atoms with Crippen LogP contribution in [0.2, 0.25) is 0 Å². The van der Waals surface area contributed by atoms with Crippen LogP contribution in [0.25, 0.3) is 0 Å². The van der Waals surface area contributed by atoms with E-state index in [1.165, 1.54) is 0 Å². The zero-order valence-corrected chi connectivity index (χ0v) is 17.3. The number of rotatable bonds is 4. The van der Waals surface area contributed by atoms with Gasteiger partial charge in [-0.25, -0.2) is 0 Å². The first kappa shape index (κ1) is 31.3. The van der Waals surface area contributed by atoms with Gasteiger partial charge in [-0.3, -0.25) is 4.79 Å². The van der Waals surface area contributed by atoms with E-state index in [1.807, 2.05) is 76.8 Å². The number of Topliss-reactive ketones (excluding diaryl/α,β-unsaturated/α-hetero) is 1. The summed E-state index contributed by atoms with van der Waals surface area (Å²) in [5, 5.41) is 3.37. The highest BCUT2D eigenvalue weighted by Gasteiger charge is 2.32. The normalized spacial score (nSPS) is 17.7. The van der Waals surface area contributed by atoms with Gasteiger partial charge in [-0.2, -0.15) is 0 Å². The summed E-state index contributed by atoms with van der Waals surface area (Å²) in [5.41, 5.74) is 1.75. The Balaban J connectivity index is -0.000000204. The largest absolute Gasteiger partial charge is 0.377 e. The molecule has 182 valence electrons. The molecule has 0 bridgehead atoms. The monoisotopic (exact) mass is 439 g/mol. The fraction of sp³-hybridized carbons (Fsp3) is 0.593. The van der Waals surface area contributed by atoms with E-state index in [9.17, 15) is 4.79 Å². The molecule has 0 spiro atoms. The van der Waals surface area contributed by atoms with Crippen molar-refractivity contribution in [3.8, 4) is 0 Å². The number of anilines is 1. The fourth-order valence-corrected chi connectivity index (χ4v) is 2.81. The lowest BCUT2D eigenvalue weighted by atomic mass is 9.83. The number of allylic oxidation sites excluding steroid dienone is 2. The van der Waals surface area contributed by atoms with Crippen LogP contribution in [0.3, 0.4) is 0 Å². The molecule has 1 aliphatic heterocycles. The SMILES string of the molecule is C.C.C.C.O=C1c2ccccc2NC2C=CC=CC12.[3H]CCCN(C)C.[3H]CCCN(C)C. The number of hydrogen-bond acceptors (Lipinski definition) is 4. The van der Waals surface area contributed by atoms with E-state index in [2.05, 4.69) is 15.1 Å². The predicted molar refractivity (Wildman–Crippen MR) is 145 cm³/mol. The first-order chi connectivity index (χ1) is 13.9. The van der Waals surface area contributed by atoms with Crippen molar-refractivity contribution in [2.24, 2.45) is 5.92 Å². The van der Waals surface area contributed by atoms with Crippen molar-refractivity contribution < 1.29 is 7.54 Å². The highest BCUT2D eigenvalue weighted by molar-refractivity contribution is 6.06. The Morgan fingerprint density at radius 3 is 1.87 bits per heavy atom. The average molecular weight is 440 g/mol. The third-order valence-corrected chi connectivity index (χ3v) is 4.16. The molecule has 4 nitrogen and oxygen atoms in total. The third kappa shape index (κ3) is 13.2. The molecule has 0 fully saturated rings. The highest BCUT2D eigenvalue weighted by atomic mass is 16.1. The molecule has 0 saturated heterocycles. The molecule has 1 N–H and O–H groups in total. The van der Waals surface area contributed by atoms with Crippen molar-refractivity contribution in [3.05, 3.63) is 54.1 Å². The van der Waals surface area contributed by atoms with Gasteiger partial charge in [-0.15, -0.1) is 0 Å². The van der Waals surface area contributed by atoms with Gasteiger partial charge >= 0.3 is 0 Å². The summed E-state index contributed by atoms with van der Waals surface area (Å²) in [5.74, 6) is 0.180. The van der Waals surface area contributed by atoms with Gasteiger partial charge in [0.1, 0.15) is 0 Å². The number of carbonyl (C=O) groups is 1. The maximum Gasteiger partial charge on any atom is 0.174 e. The molecule has 3 rings (SSSR count). The Hall–Kier alpha value is -1.91. The van der Waals surface area contributed by atoms with Crippen LogP contribution in [-0.2, 0) is 0 Å². The fourth-order valence-electron chi connectivity index (χ4n) is 2.81. The van der Waals surface area contributed by atoms with Crippen LogP contribution >= 0.6 is 0 Å². The van der Waals surface area contributed by atoms with Crippen LogP contribution in [0.1, 0.15) is 69.4 Å². The summed E-state index contributed by atoms with van der Waals surface area (Å²) in [6.45, 7) is 3.20. The standard InChI is InChI=1S/C13H11NO.2C5H13N.4CH4/c15-13-9-5-1-3-7-11(9)14-12-8-4-2-6-10(12)13;2*1-4-5-6(2)3;;;;/h1-9,11,14H;2*4-5H2,1-3H3;4*1H4/i;2*1T;;;;. The van der Waals surface area contributed by atoms with Crippen molar-refractivity contribution in [1.82, 2.24) is 9.80 Å². The molecule has 1 aromatic rings. The van der Waals surface area contributed by atoms with Crippen LogP contribution in [0.4, 0.5) is 5.69 Å². The van der Waals surface area contributed by atoms with Gasteiger partial charge in [0.2, 0.25) is 0 Å². The van der Waals surface area contributed by atoms with Gasteiger partial charge in [0.25, 0.3) is 0 Å². The minimum absolute atomic E-state index is 0. The average Bonchev–Trinajstić information content (AvgIpc) is 2.72. The highest BCUT2D eigenvalue weighted by Crippen LogP contribution is 2.30. The predicted octanol–water partition coefficient (Wildman–Crippen LogP) is 6.87. The molecule has 31 heavy (non-hydrogen) atoms. The summed E-state index contributed by atoms with van der Waals surface area (Å²) in [7, 11) is 8.09. The lowest BCUT2D eigenvalue weighted by molar-refractivity contribution is 0.0936. The summed E-state index contributed by atoms with van der Waals surface area (Å²) >= 11 is 0. The molecule has 2 unspecified atom stereocenters. The molecule has 1 aliphatic carbocycles. The first-order valence-corrected chi connectivity index (χ1v) is 9.53. The second kappa shape index (κ2) is 20.0. The molecule has 0 amide bonds. The van der Waals surface area contributed by atoms with Crippen molar-refractivity contribution in [3.63, 3.8) is 0 Å². The van der Waals surface area contributed by atoms with Crippen LogP contribution in [0.15, 0.2) is 48.6 Å². The van der Waals surface area contributed by atoms with Gasteiger partial charge in [0.05, 0.1) is 12.0 Å². The Morgan fingerprint density at radius 2 is 1.39 bits per heavy atom. The Morgan fingerprint density at radius 1 is 0.871 bits per heavy atom. The molecule has 1 heterocycles. The van der Waals surface area contributed by atoms with E-state index in [1.54, 1.807) is 0 Å². The quantitative estimate of drug-likeness (QED) is 0.555. The molecule has 0 saturated carbocycles. The van der Waals surface area contributed by atoms with Crippen LogP contribution in [0.5, 0.6) is 0 Å². The minimum atomic E-state index is -0.0371. The number of para-hydroxylation sites is 1. The zero-order chi connectivity index (χ0) is 21.6. The maximum absolute atomic E-state index is 12.1. The van der Waals surface area contributed by atoms with E-state index < -0.39 is 0 Å². The molecule has 1 aromatic carbocycles. The zero-order valence-electron chi connectivity index (χ0n) is 19.3. The van der Waals surface area contributed by atoms with Gasteiger partial charge in [-0.05, 0) is 66.3 Å². The van der Waals surface area contributed by atoms with Gasteiger partial charge in [-0.1, -0.05) is 79.9 Å². The number of hydrogen-bond donors (Lipinski definition) is 1. The number of nitrogens with zero attached hydrogens (tertiary/aromatic N) is 2. The van der Waals surface area contributed by atoms with Crippen molar-refractivity contribution in [2.75, 3.05) is 46.6 Å². The maximum atomic E-state index is 12.1. The van der Waals surface area contributed by atoms with E-state index in [4.69, 9.17) is 2.74 Å². The Bertz CT molecular complexity index is 649. The number of nitrogens with one attached hydrogen (secondary N) is 1. The molecule has 0 aromatic heterocycles. The summed E-state index contributed by atoms with van der Waals surface area (Å²) in [6, 6.07) is 7.81. The summed E-state index contributed by atoms with van der Waals surface area (Å²) in [6.07, 6.45) is 9.92. The molecule has 2 atom stereocenters. The summed E-state index contributed by atoms with van der Waals surface area (Å²) < 4.78 is 13.5. The third-order valence-electron chi connectivity index (χ3n) is 4.16. The van der Waals surface area contributed by atoms with E-state index in [0.29, 0.717) is 13.8 Å². The molecule has 4 heteroatoms. The van der Waals surface area contributed by atoms with Crippen LogP contribution < -0.4 is 5.32 Å². The van der Waals surface area contributed by atoms with E-state index >= 15 is 0 Å². The Labute approximate surface area is 198 Å². The van der Waals surface area contributed by atoms with E-state index in [-0.39, 0.29) is 47.4 Å². The lowest BCUT2D eigenvalue weighted by Gasteiger charge is -2.31. The number of carbonyl (C=O) groups excluding carboxylic acids is 1. The number of ketones is 1. The van der Waals surface area contributed by atoms with Crippen molar-refractivity contribution in [1.29, 1.82) is 0 Å². The van der Waals surface area contributed by atoms with E-state index in [0.717, 1.165) is 37.2 Å². The summed E-state index contributed by atoms with van der Waals surface area (Å²) in [4.78, 5) is 16.3. The Kier molecular flexibility index (Phi) is 20.2. The van der Waals surface area contributed by atoms with Crippen molar-refractivity contribution >= 4 is 11.5 Å². The van der Waals surface area contributed by atoms with Gasteiger partial charge in [0.15, 0.2) is 5.78 Å². The van der Waals surface area contributed by atoms with Crippen LogP contribution in [-0.4, -0.2) is 62.9 Å². The molecule has 0 radical (unpaired) electrons. The topological polar surface area (TPSA) is 35.6 Å². The van der Waals surface area contributed by atoms with Crippen LogP contribution in [0, 0.1) is 5.92 Å². The molecule has 2 aliphatic rings. The second-order valence-corrected chi connectivity index (χ2v) is 7.19. The number of fused-ring (bicyclic) bond motifs is 2. The smallest absolute Gasteiger partial charge is 0.174 e. The van der Waals surface area contributed by atoms with Gasteiger partial charge < -0.3 is 15.1 Å². The van der Waals surface area contributed by atoms with Gasteiger partial charge in [0, 0.05) is 14.0 Å². The number of benzene rings is 1. The first-order valence-electron chi connectivity index (χ1n) is 10.9. The van der Waals surface area contributed by atoms with Crippen molar-refractivity contribution in [2.45, 2.75) is 62.4 Å². The lowest BCUT2D eigenvalue weighted by Crippen LogP contribution is -2.37. The minimum Gasteiger partial charge on any atom is -0.377 e. The second-order valence-electron chi connectivity index (χ2n) is 7.19. The molecular formula is C27H53N3O.